The van der Waals surface area contributed by atoms with E-state index in [1.54, 1.807) is 6.07 Å². The van der Waals surface area contributed by atoms with E-state index >= 15 is 0 Å². The summed E-state index contributed by atoms with van der Waals surface area (Å²) in [4.78, 5) is 0. The summed E-state index contributed by atoms with van der Waals surface area (Å²) in [5.41, 5.74) is 7.95. The van der Waals surface area contributed by atoms with Crippen LogP contribution in [-0.4, -0.2) is 0 Å². The van der Waals surface area contributed by atoms with Gasteiger partial charge in [-0.15, -0.1) is 0 Å². The highest BCUT2D eigenvalue weighted by Gasteiger charge is 2.27. The van der Waals surface area contributed by atoms with Crippen molar-refractivity contribution in [1.29, 1.82) is 0 Å². The molecule has 2 aromatic rings. The molecule has 0 aromatic heterocycles. The minimum absolute atomic E-state index is 0.0563. The number of hydrogen-bond donors (Lipinski definition) is 1. The Balaban J connectivity index is 1.95. The Morgan fingerprint density at radius 2 is 1.89 bits per heavy atom. The summed E-state index contributed by atoms with van der Waals surface area (Å²) >= 11 is 0. The maximum absolute atomic E-state index is 13.2. The van der Waals surface area contributed by atoms with Crippen molar-refractivity contribution in [3.8, 4) is 5.75 Å². The van der Waals surface area contributed by atoms with Gasteiger partial charge < -0.3 is 10.5 Å². The van der Waals surface area contributed by atoms with Gasteiger partial charge in [0.1, 0.15) is 17.7 Å². The number of nitrogens with two attached hydrogens (primary N) is 1. The Morgan fingerprint density at radius 1 is 1.11 bits per heavy atom. The maximum atomic E-state index is 13.2. The molecule has 92 valence electrons. The van der Waals surface area contributed by atoms with Crippen LogP contribution in [0.4, 0.5) is 4.39 Å². The number of hydrogen-bond acceptors (Lipinski definition) is 2. The van der Waals surface area contributed by atoms with Crippen LogP contribution in [0.5, 0.6) is 5.75 Å². The van der Waals surface area contributed by atoms with Crippen molar-refractivity contribution in [3.05, 3.63) is 65.5 Å². The third-order valence-electron chi connectivity index (χ3n) is 3.28. The van der Waals surface area contributed by atoms with Gasteiger partial charge in [0.15, 0.2) is 0 Å². The van der Waals surface area contributed by atoms with Crippen LogP contribution in [0.15, 0.2) is 48.5 Å². The van der Waals surface area contributed by atoms with Crippen LogP contribution >= 0.6 is 0 Å². The zero-order valence-electron chi connectivity index (χ0n) is 9.84. The van der Waals surface area contributed by atoms with Gasteiger partial charge in [0.05, 0.1) is 0 Å². The Bertz CT molecular complexity index is 556. The molecule has 1 aliphatic rings. The fourth-order valence-electron chi connectivity index (χ4n) is 2.35. The van der Waals surface area contributed by atoms with Gasteiger partial charge in [0.2, 0.25) is 0 Å². The second-order valence-corrected chi connectivity index (χ2v) is 4.54. The largest absolute Gasteiger partial charge is 0.485 e. The van der Waals surface area contributed by atoms with Crippen LogP contribution in [0.25, 0.3) is 0 Å². The lowest BCUT2D eigenvalue weighted by molar-refractivity contribution is 0.161. The van der Waals surface area contributed by atoms with Gasteiger partial charge >= 0.3 is 0 Å². The first-order valence-corrected chi connectivity index (χ1v) is 6.00. The average molecular weight is 243 g/mol. The molecule has 0 amide bonds. The molecule has 0 aliphatic carbocycles. The first-order valence-electron chi connectivity index (χ1n) is 6.00. The number of rotatable bonds is 1. The molecule has 0 fully saturated rings. The Morgan fingerprint density at radius 3 is 2.67 bits per heavy atom. The fraction of sp³-hybridized carbons (Fsp3) is 0.200. The van der Waals surface area contributed by atoms with Crippen molar-refractivity contribution in [2.24, 2.45) is 5.73 Å². The van der Waals surface area contributed by atoms with E-state index < -0.39 is 0 Å². The first-order chi connectivity index (χ1) is 8.74. The SMILES string of the molecule is NC1CC(c2ccccc2)Oc2ccc(F)cc21. The van der Waals surface area contributed by atoms with E-state index in [1.807, 2.05) is 30.3 Å². The molecule has 0 saturated heterocycles. The van der Waals surface area contributed by atoms with E-state index in [0.717, 1.165) is 11.1 Å². The normalized spacial score (nSPS) is 22.1. The Labute approximate surface area is 105 Å². The monoisotopic (exact) mass is 243 g/mol. The highest BCUT2D eigenvalue weighted by Crippen LogP contribution is 2.39. The molecule has 2 unspecified atom stereocenters. The molecule has 0 bridgehead atoms. The van der Waals surface area contributed by atoms with Gasteiger partial charge in [0.25, 0.3) is 0 Å². The van der Waals surface area contributed by atoms with E-state index in [-0.39, 0.29) is 18.0 Å². The van der Waals surface area contributed by atoms with Crippen molar-refractivity contribution in [2.75, 3.05) is 0 Å². The zero-order chi connectivity index (χ0) is 12.5. The molecular formula is C15H14FNO. The van der Waals surface area contributed by atoms with E-state index in [2.05, 4.69) is 0 Å². The molecular weight excluding hydrogens is 229 g/mol. The van der Waals surface area contributed by atoms with E-state index in [1.165, 1.54) is 12.1 Å². The standard InChI is InChI=1S/C15H14FNO/c16-11-6-7-14-12(8-11)13(17)9-15(18-14)10-4-2-1-3-5-10/h1-8,13,15H,9,17H2. The van der Waals surface area contributed by atoms with Crippen LogP contribution in [0.2, 0.25) is 0 Å². The van der Waals surface area contributed by atoms with Crippen LogP contribution in [0, 0.1) is 5.82 Å². The summed E-state index contributed by atoms with van der Waals surface area (Å²) in [6, 6.07) is 14.3. The zero-order valence-corrected chi connectivity index (χ0v) is 9.84. The number of fused-ring (bicyclic) bond motifs is 1. The molecule has 1 heterocycles. The minimum Gasteiger partial charge on any atom is -0.485 e. The molecule has 3 rings (SSSR count). The quantitative estimate of drug-likeness (QED) is 0.833. The van der Waals surface area contributed by atoms with Crippen molar-refractivity contribution in [1.82, 2.24) is 0 Å². The molecule has 2 aromatic carbocycles. The van der Waals surface area contributed by atoms with E-state index in [0.29, 0.717) is 12.2 Å². The van der Waals surface area contributed by atoms with Crippen molar-refractivity contribution < 1.29 is 9.13 Å². The summed E-state index contributed by atoms with van der Waals surface area (Å²) in [6.07, 6.45) is 0.611. The van der Waals surface area contributed by atoms with E-state index in [4.69, 9.17) is 10.5 Å². The van der Waals surface area contributed by atoms with Gasteiger partial charge in [-0.05, 0) is 23.8 Å². The Hall–Kier alpha value is -1.87. The lowest BCUT2D eigenvalue weighted by atomic mass is 9.93. The van der Waals surface area contributed by atoms with Crippen LogP contribution in [0.1, 0.15) is 29.7 Å². The predicted octanol–water partition coefficient (Wildman–Crippen LogP) is 3.35. The topological polar surface area (TPSA) is 35.2 Å². The minimum atomic E-state index is -0.272. The molecule has 18 heavy (non-hydrogen) atoms. The third-order valence-corrected chi connectivity index (χ3v) is 3.28. The molecule has 3 heteroatoms. The summed E-state index contributed by atoms with van der Waals surface area (Å²) < 4.78 is 19.1. The molecule has 0 spiro atoms. The summed E-state index contributed by atoms with van der Waals surface area (Å²) in [7, 11) is 0. The number of halogens is 1. The third kappa shape index (κ3) is 1.97. The molecule has 2 N–H and O–H groups in total. The smallest absolute Gasteiger partial charge is 0.126 e. The second-order valence-electron chi connectivity index (χ2n) is 4.54. The molecule has 0 saturated carbocycles. The molecule has 0 radical (unpaired) electrons. The van der Waals surface area contributed by atoms with Crippen LogP contribution in [0.3, 0.4) is 0 Å². The van der Waals surface area contributed by atoms with Gasteiger partial charge in [-0.25, -0.2) is 4.39 Å². The summed E-state index contributed by atoms with van der Waals surface area (Å²) in [6.45, 7) is 0. The van der Waals surface area contributed by atoms with Crippen molar-refractivity contribution in [2.45, 2.75) is 18.6 Å². The fourth-order valence-corrected chi connectivity index (χ4v) is 2.35. The molecule has 2 atom stereocenters. The van der Waals surface area contributed by atoms with Gasteiger partial charge in [-0.3, -0.25) is 0 Å². The van der Waals surface area contributed by atoms with Gasteiger partial charge in [-0.2, -0.15) is 0 Å². The first kappa shape index (κ1) is 11.2. The highest BCUT2D eigenvalue weighted by molar-refractivity contribution is 5.39. The lowest BCUT2D eigenvalue weighted by Gasteiger charge is -2.30. The van der Waals surface area contributed by atoms with Crippen molar-refractivity contribution >= 4 is 0 Å². The summed E-state index contributed by atoms with van der Waals surface area (Å²) in [5.74, 6) is 0.412. The average Bonchev–Trinajstić information content (AvgIpc) is 2.40. The van der Waals surface area contributed by atoms with Crippen LogP contribution in [-0.2, 0) is 0 Å². The van der Waals surface area contributed by atoms with E-state index in [9.17, 15) is 4.39 Å². The summed E-state index contributed by atoms with van der Waals surface area (Å²) in [5, 5.41) is 0. The number of ether oxygens (including phenoxy) is 1. The number of benzene rings is 2. The Kier molecular flexibility index (Phi) is 2.76. The lowest BCUT2D eigenvalue weighted by Crippen LogP contribution is -2.24. The molecule has 2 nitrogen and oxygen atoms in total. The van der Waals surface area contributed by atoms with Gasteiger partial charge in [-0.1, -0.05) is 30.3 Å². The van der Waals surface area contributed by atoms with Gasteiger partial charge in [0, 0.05) is 18.0 Å². The second kappa shape index (κ2) is 4.42. The highest BCUT2D eigenvalue weighted by atomic mass is 19.1. The molecule has 1 aliphatic heterocycles. The predicted molar refractivity (Wildman–Crippen MR) is 67.8 cm³/mol. The maximum Gasteiger partial charge on any atom is 0.126 e. The van der Waals surface area contributed by atoms with Crippen molar-refractivity contribution in [3.63, 3.8) is 0 Å². The van der Waals surface area contributed by atoms with Crippen LogP contribution < -0.4 is 10.5 Å².